The van der Waals surface area contributed by atoms with Crippen LogP contribution in [-0.2, 0) is 5.41 Å². The van der Waals surface area contributed by atoms with Crippen LogP contribution < -0.4 is 5.32 Å². The minimum absolute atomic E-state index is 0. The number of halogens is 1. The average molecular weight is 212 g/mol. The number of benzene rings is 1. The number of rotatable bonds is 2. The van der Waals surface area contributed by atoms with Crippen molar-refractivity contribution in [2.24, 2.45) is 0 Å². The van der Waals surface area contributed by atoms with Crippen molar-refractivity contribution < 1.29 is 0 Å². The van der Waals surface area contributed by atoms with E-state index in [1.54, 1.807) is 0 Å². The maximum Gasteiger partial charge on any atom is 0.00872 e. The number of hydrogen-bond acceptors (Lipinski definition) is 1. The number of nitrogens with one attached hydrogen (secondary N) is 1. The molecule has 1 aliphatic heterocycles. The summed E-state index contributed by atoms with van der Waals surface area (Å²) >= 11 is 0. The van der Waals surface area contributed by atoms with Crippen LogP contribution in [0.3, 0.4) is 0 Å². The van der Waals surface area contributed by atoms with Crippen LogP contribution in [0.25, 0.3) is 0 Å². The first kappa shape index (κ1) is 11.5. The van der Waals surface area contributed by atoms with E-state index in [9.17, 15) is 0 Å². The zero-order valence-corrected chi connectivity index (χ0v) is 9.44. The first-order valence-electron chi connectivity index (χ1n) is 5.14. The third-order valence-electron chi connectivity index (χ3n) is 3.31. The van der Waals surface area contributed by atoms with Crippen LogP contribution in [0.15, 0.2) is 30.3 Å². The van der Waals surface area contributed by atoms with Crippen LogP contribution in [0.4, 0.5) is 0 Å². The highest BCUT2D eigenvalue weighted by Gasteiger charge is 2.33. The van der Waals surface area contributed by atoms with Crippen LogP contribution in [0.5, 0.6) is 0 Å². The number of hydrogen-bond donors (Lipinski definition) is 1. The molecule has 0 radical (unpaired) electrons. The van der Waals surface area contributed by atoms with Gasteiger partial charge in [-0.25, -0.2) is 0 Å². The lowest BCUT2D eigenvalue weighted by Gasteiger charge is -2.27. The monoisotopic (exact) mass is 211 g/mol. The second-order valence-electron chi connectivity index (χ2n) is 3.93. The molecule has 1 heterocycles. The van der Waals surface area contributed by atoms with Gasteiger partial charge in [0.2, 0.25) is 0 Å². The van der Waals surface area contributed by atoms with E-state index in [4.69, 9.17) is 0 Å². The highest BCUT2D eigenvalue weighted by molar-refractivity contribution is 5.85. The molecule has 2 heteroatoms. The molecule has 1 N–H and O–H groups in total. The van der Waals surface area contributed by atoms with Crippen molar-refractivity contribution in [3.8, 4) is 0 Å². The van der Waals surface area contributed by atoms with Gasteiger partial charge in [0.25, 0.3) is 0 Å². The Morgan fingerprint density at radius 1 is 1.29 bits per heavy atom. The lowest BCUT2D eigenvalue weighted by molar-refractivity contribution is 0.454. The predicted octanol–water partition coefficient (Wildman–Crippen LogP) is 2.75. The topological polar surface area (TPSA) is 12.0 Å². The molecule has 0 bridgehead atoms. The quantitative estimate of drug-likeness (QED) is 0.794. The van der Waals surface area contributed by atoms with Gasteiger partial charge in [-0.15, -0.1) is 12.4 Å². The van der Waals surface area contributed by atoms with Gasteiger partial charge in [-0.05, 0) is 24.9 Å². The van der Waals surface area contributed by atoms with Crippen molar-refractivity contribution in [3.63, 3.8) is 0 Å². The summed E-state index contributed by atoms with van der Waals surface area (Å²) in [7, 11) is 0. The standard InChI is InChI=1S/C12H17N.ClH/c1-2-12(8-9-13-10-12)11-6-4-3-5-7-11;/h3-7,13H,2,8-10H2,1H3;1H. The minimum atomic E-state index is 0. The summed E-state index contributed by atoms with van der Waals surface area (Å²) in [4.78, 5) is 0. The zero-order valence-electron chi connectivity index (χ0n) is 8.62. The minimum Gasteiger partial charge on any atom is -0.316 e. The molecule has 1 unspecified atom stereocenters. The van der Waals surface area contributed by atoms with Gasteiger partial charge in [0.15, 0.2) is 0 Å². The Bertz CT molecular complexity index is 265. The Balaban J connectivity index is 0.000000980. The van der Waals surface area contributed by atoms with Gasteiger partial charge in [-0.3, -0.25) is 0 Å². The maximum atomic E-state index is 3.46. The molecular formula is C12H18ClN. The molecule has 1 fully saturated rings. The molecule has 0 spiro atoms. The van der Waals surface area contributed by atoms with Gasteiger partial charge in [0, 0.05) is 12.0 Å². The molecule has 1 nitrogen and oxygen atoms in total. The molecule has 1 saturated heterocycles. The van der Waals surface area contributed by atoms with Gasteiger partial charge >= 0.3 is 0 Å². The van der Waals surface area contributed by atoms with E-state index in [-0.39, 0.29) is 12.4 Å². The normalized spacial score (nSPS) is 25.8. The van der Waals surface area contributed by atoms with Crippen molar-refractivity contribution in [1.82, 2.24) is 5.32 Å². The fourth-order valence-electron chi connectivity index (χ4n) is 2.29. The van der Waals surface area contributed by atoms with Crippen LogP contribution in [0, 0.1) is 0 Å². The molecular weight excluding hydrogens is 194 g/mol. The highest BCUT2D eigenvalue weighted by atomic mass is 35.5. The molecule has 0 aromatic heterocycles. The van der Waals surface area contributed by atoms with E-state index in [1.165, 1.54) is 24.9 Å². The van der Waals surface area contributed by atoms with E-state index in [1.807, 2.05) is 0 Å². The summed E-state index contributed by atoms with van der Waals surface area (Å²) in [5.74, 6) is 0. The van der Waals surface area contributed by atoms with Crippen molar-refractivity contribution in [2.75, 3.05) is 13.1 Å². The van der Waals surface area contributed by atoms with Crippen molar-refractivity contribution in [2.45, 2.75) is 25.2 Å². The van der Waals surface area contributed by atoms with Gasteiger partial charge < -0.3 is 5.32 Å². The summed E-state index contributed by atoms with van der Waals surface area (Å²) in [5.41, 5.74) is 1.92. The summed E-state index contributed by atoms with van der Waals surface area (Å²) in [6.45, 7) is 4.61. The van der Waals surface area contributed by atoms with Crippen molar-refractivity contribution >= 4 is 12.4 Å². The maximum absolute atomic E-state index is 3.46. The van der Waals surface area contributed by atoms with Crippen molar-refractivity contribution in [3.05, 3.63) is 35.9 Å². The Kier molecular flexibility index (Phi) is 3.97. The van der Waals surface area contributed by atoms with Crippen LogP contribution in [0.2, 0.25) is 0 Å². The molecule has 1 aliphatic rings. The average Bonchev–Trinajstić information content (AvgIpc) is 2.69. The molecule has 78 valence electrons. The Morgan fingerprint density at radius 2 is 2.00 bits per heavy atom. The van der Waals surface area contributed by atoms with Gasteiger partial charge in [0.1, 0.15) is 0 Å². The Labute approximate surface area is 92.3 Å². The van der Waals surface area contributed by atoms with Crippen LogP contribution >= 0.6 is 12.4 Å². The highest BCUT2D eigenvalue weighted by Crippen LogP contribution is 2.33. The molecule has 1 aromatic carbocycles. The van der Waals surface area contributed by atoms with Crippen LogP contribution in [-0.4, -0.2) is 13.1 Å². The summed E-state index contributed by atoms with van der Waals surface area (Å²) in [6, 6.07) is 10.9. The molecule has 0 saturated carbocycles. The largest absolute Gasteiger partial charge is 0.316 e. The smallest absolute Gasteiger partial charge is 0.00872 e. The lowest BCUT2D eigenvalue weighted by atomic mass is 9.77. The third kappa shape index (κ3) is 1.94. The van der Waals surface area contributed by atoms with E-state index in [2.05, 4.69) is 42.6 Å². The first-order chi connectivity index (χ1) is 6.37. The Hall–Kier alpha value is -0.530. The van der Waals surface area contributed by atoms with E-state index in [0.717, 1.165) is 6.54 Å². The van der Waals surface area contributed by atoms with Gasteiger partial charge in [-0.2, -0.15) is 0 Å². The second kappa shape index (κ2) is 4.81. The van der Waals surface area contributed by atoms with Crippen LogP contribution in [0.1, 0.15) is 25.3 Å². The second-order valence-corrected chi connectivity index (χ2v) is 3.93. The van der Waals surface area contributed by atoms with Gasteiger partial charge in [-0.1, -0.05) is 37.3 Å². The zero-order chi connectivity index (χ0) is 9.15. The fourth-order valence-corrected chi connectivity index (χ4v) is 2.29. The predicted molar refractivity (Wildman–Crippen MR) is 63.1 cm³/mol. The molecule has 2 rings (SSSR count). The molecule has 0 aliphatic carbocycles. The summed E-state index contributed by atoms with van der Waals surface area (Å²) < 4.78 is 0. The summed E-state index contributed by atoms with van der Waals surface area (Å²) in [5, 5.41) is 3.46. The summed E-state index contributed by atoms with van der Waals surface area (Å²) in [6.07, 6.45) is 2.53. The third-order valence-corrected chi connectivity index (χ3v) is 3.31. The van der Waals surface area contributed by atoms with E-state index < -0.39 is 0 Å². The SMILES string of the molecule is CCC1(c2ccccc2)CCNC1.Cl. The van der Waals surface area contributed by atoms with E-state index in [0.29, 0.717) is 5.41 Å². The van der Waals surface area contributed by atoms with Gasteiger partial charge in [0.05, 0.1) is 0 Å². The van der Waals surface area contributed by atoms with E-state index >= 15 is 0 Å². The molecule has 1 atom stereocenters. The first-order valence-corrected chi connectivity index (χ1v) is 5.14. The molecule has 1 aromatic rings. The molecule has 0 amide bonds. The Morgan fingerprint density at radius 3 is 2.50 bits per heavy atom. The fraction of sp³-hybridized carbons (Fsp3) is 0.500. The lowest BCUT2D eigenvalue weighted by Crippen LogP contribution is -2.27. The molecule has 14 heavy (non-hydrogen) atoms. The van der Waals surface area contributed by atoms with Crippen molar-refractivity contribution in [1.29, 1.82) is 0 Å².